The predicted molar refractivity (Wildman–Crippen MR) is 93.6 cm³/mol. The van der Waals surface area contributed by atoms with Gasteiger partial charge in [-0.3, -0.25) is 4.79 Å². The first-order valence-electron chi connectivity index (χ1n) is 9.46. The molecule has 4 aliphatic carbocycles. The van der Waals surface area contributed by atoms with Crippen LogP contribution in [0.5, 0.6) is 0 Å². The van der Waals surface area contributed by atoms with Crippen LogP contribution in [-0.2, 0) is 11.2 Å². The summed E-state index contributed by atoms with van der Waals surface area (Å²) in [7, 11) is 0. The number of furan rings is 1. The highest BCUT2D eigenvalue weighted by Gasteiger charge is 2.51. The Balaban J connectivity index is 1.23. The first kappa shape index (κ1) is 14.6. The smallest absolute Gasteiger partial charge is 0.220 e. The minimum atomic E-state index is 0.125. The van der Waals surface area contributed by atoms with E-state index in [1.165, 1.54) is 38.5 Å². The van der Waals surface area contributed by atoms with Gasteiger partial charge in [-0.25, -0.2) is 0 Å². The summed E-state index contributed by atoms with van der Waals surface area (Å²) in [4.78, 5) is 12.6. The molecule has 1 heterocycles. The minimum absolute atomic E-state index is 0.125. The van der Waals surface area contributed by atoms with Crippen molar-refractivity contribution in [2.24, 2.45) is 17.8 Å². The largest absolute Gasteiger partial charge is 0.461 e. The number of carbonyl (C=O) groups is 1. The summed E-state index contributed by atoms with van der Waals surface area (Å²) in [6.07, 6.45) is 9.10. The molecule has 4 bridgehead atoms. The van der Waals surface area contributed by atoms with Gasteiger partial charge in [0.25, 0.3) is 0 Å². The summed E-state index contributed by atoms with van der Waals surface area (Å²) >= 11 is 0. The third-order valence-corrected chi connectivity index (χ3v) is 6.52. The standard InChI is InChI=1S/C21H25NO2/c23-20(6-5-18-10-17-3-1-2-4-19(17)24-18)22-21-11-14-7-15(12-21)9-16(8-14)13-21/h1-4,10,14-16H,5-9,11-13H2,(H,22,23). The van der Waals surface area contributed by atoms with Gasteiger partial charge in [0, 0.05) is 23.8 Å². The minimum Gasteiger partial charge on any atom is -0.461 e. The Kier molecular flexibility index (Phi) is 3.26. The van der Waals surface area contributed by atoms with Gasteiger partial charge in [-0.2, -0.15) is 0 Å². The maximum absolute atomic E-state index is 12.6. The van der Waals surface area contributed by atoms with E-state index < -0.39 is 0 Å². The van der Waals surface area contributed by atoms with Gasteiger partial charge in [0.2, 0.25) is 5.91 Å². The lowest BCUT2D eigenvalue weighted by molar-refractivity contribution is -0.126. The maximum Gasteiger partial charge on any atom is 0.220 e. The average Bonchev–Trinajstić information content (AvgIpc) is 2.94. The number of hydrogen-bond acceptors (Lipinski definition) is 2. The van der Waals surface area contributed by atoms with E-state index in [-0.39, 0.29) is 11.4 Å². The molecule has 0 aliphatic heterocycles. The van der Waals surface area contributed by atoms with Crippen molar-refractivity contribution in [1.29, 1.82) is 0 Å². The second kappa shape index (κ2) is 5.37. The Labute approximate surface area is 142 Å². The summed E-state index contributed by atoms with van der Waals surface area (Å²) in [6.45, 7) is 0. The molecule has 0 spiro atoms. The second-order valence-electron chi connectivity index (χ2n) is 8.50. The van der Waals surface area contributed by atoms with Crippen molar-refractivity contribution in [1.82, 2.24) is 5.32 Å². The van der Waals surface area contributed by atoms with Crippen LogP contribution < -0.4 is 5.32 Å². The van der Waals surface area contributed by atoms with Crippen LogP contribution in [0.2, 0.25) is 0 Å². The lowest BCUT2D eigenvalue weighted by Gasteiger charge is -2.56. The van der Waals surface area contributed by atoms with Gasteiger partial charge >= 0.3 is 0 Å². The van der Waals surface area contributed by atoms with Gasteiger partial charge in [0.15, 0.2) is 0 Å². The van der Waals surface area contributed by atoms with Crippen molar-refractivity contribution in [2.75, 3.05) is 0 Å². The Morgan fingerprint density at radius 2 is 1.75 bits per heavy atom. The van der Waals surface area contributed by atoms with Gasteiger partial charge in [0.1, 0.15) is 11.3 Å². The number of carbonyl (C=O) groups excluding carboxylic acids is 1. The summed E-state index contributed by atoms with van der Waals surface area (Å²) in [5, 5.41) is 4.57. The lowest BCUT2D eigenvalue weighted by Crippen LogP contribution is -2.59. The van der Waals surface area contributed by atoms with Crippen LogP contribution in [-0.4, -0.2) is 11.4 Å². The van der Waals surface area contributed by atoms with Crippen LogP contribution in [0.15, 0.2) is 34.7 Å². The van der Waals surface area contributed by atoms with E-state index in [9.17, 15) is 4.79 Å². The highest BCUT2D eigenvalue weighted by molar-refractivity contribution is 5.79. The number of benzene rings is 1. The van der Waals surface area contributed by atoms with Crippen molar-refractivity contribution in [2.45, 2.75) is 56.9 Å². The maximum atomic E-state index is 12.6. The van der Waals surface area contributed by atoms with E-state index >= 15 is 0 Å². The van der Waals surface area contributed by atoms with Crippen LogP contribution in [0, 0.1) is 17.8 Å². The summed E-state index contributed by atoms with van der Waals surface area (Å²) in [5.74, 6) is 3.72. The highest BCUT2D eigenvalue weighted by Crippen LogP contribution is 2.55. The molecule has 1 aromatic heterocycles. The molecule has 3 nitrogen and oxygen atoms in total. The molecule has 3 heteroatoms. The molecule has 0 radical (unpaired) electrons. The molecule has 6 rings (SSSR count). The number of amides is 1. The summed E-state index contributed by atoms with van der Waals surface area (Å²) in [5.41, 5.74) is 1.04. The van der Waals surface area contributed by atoms with Crippen molar-refractivity contribution < 1.29 is 9.21 Å². The zero-order chi connectivity index (χ0) is 16.1. The third-order valence-electron chi connectivity index (χ3n) is 6.52. The highest BCUT2D eigenvalue weighted by atomic mass is 16.3. The molecule has 1 aromatic carbocycles. The van der Waals surface area contributed by atoms with E-state index in [1.54, 1.807) is 0 Å². The first-order valence-corrected chi connectivity index (χ1v) is 9.46. The molecule has 1 amide bonds. The monoisotopic (exact) mass is 323 g/mol. The summed E-state index contributed by atoms with van der Waals surface area (Å²) in [6, 6.07) is 10.1. The van der Waals surface area contributed by atoms with Crippen molar-refractivity contribution in [3.8, 4) is 0 Å². The molecule has 0 atom stereocenters. The fraction of sp³-hybridized carbons (Fsp3) is 0.571. The number of rotatable bonds is 4. The third kappa shape index (κ3) is 2.54. The van der Waals surface area contributed by atoms with Gasteiger partial charge in [0.05, 0.1) is 0 Å². The number of nitrogens with one attached hydrogen (secondary N) is 1. The van der Waals surface area contributed by atoms with E-state index in [0.29, 0.717) is 12.8 Å². The molecular formula is C21H25NO2. The van der Waals surface area contributed by atoms with Crippen molar-refractivity contribution in [3.05, 3.63) is 36.1 Å². The fourth-order valence-corrected chi connectivity index (χ4v) is 6.02. The second-order valence-corrected chi connectivity index (χ2v) is 8.50. The van der Waals surface area contributed by atoms with Crippen LogP contribution in [0.25, 0.3) is 11.0 Å². The van der Waals surface area contributed by atoms with E-state index in [0.717, 1.165) is 34.5 Å². The zero-order valence-electron chi connectivity index (χ0n) is 14.1. The van der Waals surface area contributed by atoms with Crippen LogP contribution in [0.3, 0.4) is 0 Å². The predicted octanol–water partition coefficient (Wildman–Crippen LogP) is 4.45. The van der Waals surface area contributed by atoms with Crippen molar-refractivity contribution >= 4 is 16.9 Å². The number of aryl methyl sites for hydroxylation is 1. The average molecular weight is 323 g/mol. The molecule has 0 unspecified atom stereocenters. The van der Waals surface area contributed by atoms with E-state index in [2.05, 4.69) is 17.4 Å². The Hall–Kier alpha value is -1.77. The van der Waals surface area contributed by atoms with Crippen LogP contribution >= 0.6 is 0 Å². The van der Waals surface area contributed by atoms with E-state index in [1.807, 2.05) is 18.2 Å². The fourth-order valence-electron chi connectivity index (χ4n) is 6.02. The van der Waals surface area contributed by atoms with Gasteiger partial charge in [-0.15, -0.1) is 0 Å². The van der Waals surface area contributed by atoms with E-state index in [4.69, 9.17) is 4.42 Å². The normalized spacial score (nSPS) is 33.9. The summed E-state index contributed by atoms with van der Waals surface area (Å²) < 4.78 is 5.83. The molecule has 4 fully saturated rings. The SMILES string of the molecule is O=C(CCc1cc2ccccc2o1)NC12CC3CC(CC(C3)C1)C2. The van der Waals surface area contributed by atoms with Gasteiger partial charge in [-0.1, -0.05) is 18.2 Å². The molecule has 4 saturated carbocycles. The molecule has 0 saturated heterocycles. The van der Waals surface area contributed by atoms with Crippen LogP contribution in [0.1, 0.15) is 50.7 Å². The van der Waals surface area contributed by atoms with Crippen molar-refractivity contribution in [3.63, 3.8) is 0 Å². The molecule has 4 aliphatic rings. The van der Waals surface area contributed by atoms with Gasteiger partial charge in [-0.05, 0) is 68.4 Å². The Morgan fingerprint density at radius 1 is 1.08 bits per heavy atom. The Bertz CT molecular complexity index is 707. The molecule has 1 N–H and O–H groups in total. The molecule has 2 aromatic rings. The molecule has 24 heavy (non-hydrogen) atoms. The molecule has 126 valence electrons. The quantitative estimate of drug-likeness (QED) is 0.903. The number of fused-ring (bicyclic) bond motifs is 1. The lowest BCUT2D eigenvalue weighted by atomic mass is 9.53. The number of hydrogen-bond donors (Lipinski definition) is 1. The Morgan fingerprint density at radius 3 is 2.42 bits per heavy atom. The zero-order valence-corrected chi connectivity index (χ0v) is 14.1. The van der Waals surface area contributed by atoms with Gasteiger partial charge < -0.3 is 9.73 Å². The first-order chi connectivity index (χ1) is 11.7. The van der Waals surface area contributed by atoms with Crippen LogP contribution in [0.4, 0.5) is 0 Å². The molecular weight excluding hydrogens is 298 g/mol. The topological polar surface area (TPSA) is 42.2 Å². The number of para-hydroxylation sites is 1.